The molecule has 0 radical (unpaired) electrons. The number of carbonyl (C=O) groups excluding carboxylic acids is 4. The molecule has 0 bridgehead atoms. The number of nitrogens with zero attached hydrogens (tertiary/aromatic N) is 4. The van der Waals surface area contributed by atoms with Crippen molar-refractivity contribution < 1.29 is 38.1 Å². The van der Waals surface area contributed by atoms with Gasteiger partial charge in [-0.05, 0) is 81.4 Å². The Hall–Kier alpha value is -5.42. The topological polar surface area (TPSA) is 221 Å². The molecule has 0 aliphatic carbocycles. The van der Waals surface area contributed by atoms with E-state index in [1.165, 1.54) is 33.3 Å². The highest BCUT2D eigenvalue weighted by Crippen LogP contribution is 2.33. The minimum absolute atomic E-state index is 0.0200. The first-order valence-electron chi connectivity index (χ1n) is 19.3. The molecule has 6 rings (SSSR count). The van der Waals surface area contributed by atoms with Crippen LogP contribution in [0.4, 0.5) is 4.79 Å². The van der Waals surface area contributed by atoms with Crippen LogP contribution in [-0.2, 0) is 33.3 Å². The number of aldehydes is 1. The molecule has 2 aromatic carbocycles. The molecule has 4 heterocycles. The van der Waals surface area contributed by atoms with Gasteiger partial charge in [0.25, 0.3) is 6.47 Å². The number of likely N-dealkylation sites (tertiary alicyclic amines) is 2. The van der Waals surface area contributed by atoms with Crippen molar-refractivity contribution in [3.63, 3.8) is 0 Å². The molecule has 2 aliphatic heterocycles. The van der Waals surface area contributed by atoms with Gasteiger partial charge >= 0.3 is 6.09 Å². The van der Waals surface area contributed by atoms with E-state index in [2.05, 4.69) is 106 Å². The molecule has 2 amide bonds. The summed E-state index contributed by atoms with van der Waals surface area (Å²) in [6, 6.07) is 17.6. The van der Waals surface area contributed by atoms with Crippen LogP contribution in [0.3, 0.4) is 0 Å². The van der Waals surface area contributed by atoms with E-state index in [1.807, 2.05) is 17.3 Å². The Morgan fingerprint density at radius 3 is 1.64 bits per heavy atom. The second kappa shape index (κ2) is 28.1. The Labute approximate surface area is 342 Å². The molecule has 0 spiro atoms. The lowest BCUT2D eigenvalue weighted by molar-refractivity contribution is -0.132. The highest BCUT2D eigenvalue weighted by Gasteiger charge is 2.31. The van der Waals surface area contributed by atoms with Gasteiger partial charge in [0.2, 0.25) is 5.91 Å². The van der Waals surface area contributed by atoms with Gasteiger partial charge in [-0.15, -0.1) is 0 Å². The minimum Gasteiger partial charge on any atom is -0.471 e. The summed E-state index contributed by atoms with van der Waals surface area (Å²) in [5.41, 5.74) is 15.5. The van der Waals surface area contributed by atoms with Crippen LogP contribution < -0.4 is 11.5 Å². The van der Waals surface area contributed by atoms with Crippen molar-refractivity contribution in [2.75, 3.05) is 68.8 Å². The van der Waals surface area contributed by atoms with Gasteiger partial charge in [-0.2, -0.15) is 0 Å². The summed E-state index contributed by atoms with van der Waals surface area (Å²) in [5.74, 6) is 2.11. The van der Waals surface area contributed by atoms with Crippen molar-refractivity contribution in [2.45, 2.75) is 63.5 Å². The first-order valence-corrected chi connectivity index (χ1v) is 19.3. The van der Waals surface area contributed by atoms with E-state index < -0.39 is 6.09 Å². The molecule has 2 aliphatic rings. The van der Waals surface area contributed by atoms with Crippen molar-refractivity contribution in [3.05, 3.63) is 72.6 Å². The predicted octanol–water partition coefficient (Wildman–Crippen LogP) is 5.68. The monoisotopic (exact) mass is 806 g/mol. The molecular formula is C42H62N8O8. The van der Waals surface area contributed by atoms with Gasteiger partial charge in [0.1, 0.15) is 17.9 Å². The second-order valence-corrected chi connectivity index (χ2v) is 13.2. The summed E-state index contributed by atoms with van der Waals surface area (Å²) >= 11 is 0. The van der Waals surface area contributed by atoms with Crippen molar-refractivity contribution in [3.8, 4) is 33.6 Å². The molecule has 318 valence electrons. The number of imidazole rings is 2. The van der Waals surface area contributed by atoms with E-state index in [1.54, 1.807) is 14.2 Å². The second-order valence-electron chi connectivity index (χ2n) is 13.2. The van der Waals surface area contributed by atoms with E-state index in [9.17, 15) is 14.4 Å². The highest BCUT2D eigenvalue weighted by atomic mass is 16.5. The lowest BCUT2D eigenvalue weighted by atomic mass is 10.0. The largest absolute Gasteiger partial charge is 0.471 e. The van der Waals surface area contributed by atoms with Crippen LogP contribution in [0, 0.1) is 0 Å². The van der Waals surface area contributed by atoms with Gasteiger partial charge in [-0.1, -0.05) is 48.5 Å². The van der Waals surface area contributed by atoms with Gasteiger partial charge in [0.15, 0.2) is 0 Å². The number of methoxy groups -OCH3 is 4. The first-order chi connectivity index (χ1) is 28.2. The average molecular weight is 807 g/mol. The van der Waals surface area contributed by atoms with Crippen LogP contribution in [0.15, 0.2) is 60.9 Å². The molecule has 2 aromatic heterocycles. The van der Waals surface area contributed by atoms with Crippen molar-refractivity contribution >= 4 is 24.8 Å². The zero-order valence-electron chi connectivity index (χ0n) is 34.8. The van der Waals surface area contributed by atoms with Crippen molar-refractivity contribution in [1.82, 2.24) is 29.7 Å². The number of aromatic nitrogens is 4. The fourth-order valence-corrected chi connectivity index (χ4v) is 6.42. The van der Waals surface area contributed by atoms with E-state index in [-0.39, 0.29) is 11.9 Å². The zero-order valence-corrected chi connectivity index (χ0v) is 34.8. The number of hydrogen-bond donors (Lipinski definition) is 4. The summed E-state index contributed by atoms with van der Waals surface area (Å²) < 4.78 is 17.5. The maximum Gasteiger partial charge on any atom is 0.404 e. The maximum absolute atomic E-state index is 12.7. The van der Waals surface area contributed by atoms with E-state index in [0.29, 0.717) is 38.6 Å². The fourth-order valence-electron chi connectivity index (χ4n) is 6.42. The summed E-state index contributed by atoms with van der Waals surface area (Å²) in [5, 5.41) is 0. The summed E-state index contributed by atoms with van der Waals surface area (Å²) in [6.45, 7) is 3.60. The Morgan fingerprint density at radius 2 is 1.21 bits per heavy atom. The van der Waals surface area contributed by atoms with E-state index >= 15 is 0 Å². The van der Waals surface area contributed by atoms with Gasteiger partial charge in [-0.25, -0.2) is 14.8 Å². The molecule has 58 heavy (non-hydrogen) atoms. The normalized spacial score (nSPS) is 15.5. The highest BCUT2D eigenvalue weighted by molar-refractivity contribution is 5.77. The van der Waals surface area contributed by atoms with Crippen LogP contribution in [-0.4, -0.2) is 123 Å². The number of ether oxygens (including phenoxy) is 4. The Morgan fingerprint density at radius 1 is 0.759 bits per heavy atom. The quantitative estimate of drug-likeness (QED) is 0.0894. The number of H-pyrrole nitrogens is 2. The number of nitrogens with two attached hydrogens (primary N) is 2. The SMILES string of the molecule is CN.COC(N)=O.COC=O.COCCCC(=O)N1CCCC1c1ncc(-c2ccc(-c3ccc(-c4cnc(C5CCCN5C)[nH]4)cc3)cc2)[nH]1.COCCCC=O. The first kappa shape index (κ1) is 48.7. The molecule has 2 unspecified atom stereocenters. The number of aromatic amines is 2. The third-order valence-electron chi connectivity index (χ3n) is 9.35. The summed E-state index contributed by atoms with van der Waals surface area (Å²) in [7, 11) is 9.51. The standard InChI is InChI=1S/C32H38N6O2.C5H10O2.C2H5NO2.C2H4O2.CH5N/c1-37-17-3-6-28(37)31-33-20-26(35-31)24-13-9-22(10-14-24)23-11-15-25(16-12-23)27-21-34-32(36-27)29-7-4-18-38(29)30(39)8-5-19-40-2;1-7-5-3-2-4-6;1-5-2(3)4;1-4-2-3;1-2/h9-16,20-21,28-29H,3-8,17-19H2,1-2H3,(H,33,35)(H,34,36);4H,2-3,5H2,1H3;1H3,(H2,3,4);2H,1H3;2H2,1H3. The number of nitrogens with one attached hydrogen (secondary N) is 2. The van der Waals surface area contributed by atoms with Crippen molar-refractivity contribution in [2.24, 2.45) is 11.5 Å². The van der Waals surface area contributed by atoms with Gasteiger partial charge in [0, 0.05) is 46.8 Å². The molecule has 6 N–H and O–H groups in total. The third-order valence-corrected chi connectivity index (χ3v) is 9.35. The lowest BCUT2D eigenvalue weighted by Crippen LogP contribution is -2.31. The number of benzene rings is 2. The Bertz CT molecular complexity index is 1750. The molecule has 2 atom stereocenters. The summed E-state index contributed by atoms with van der Waals surface area (Å²) in [6.07, 6.45) is 11.0. The van der Waals surface area contributed by atoms with Gasteiger partial charge in [0.05, 0.1) is 50.1 Å². The van der Waals surface area contributed by atoms with E-state index in [0.717, 1.165) is 91.2 Å². The third kappa shape index (κ3) is 15.8. The molecule has 0 saturated carbocycles. The van der Waals surface area contributed by atoms with Gasteiger partial charge in [-0.3, -0.25) is 14.5 Å². The number of amides is 2. The van der Waals surface area contributed by atoms with Gasteiger partial charge < -0.3 is 50.1 Å². The zero-order chi connectivity index (χ0) is 42.7. The number of carbonyl (C=O) groups is 4. The van der Waals surface area contributed by atoms with Crippen molar-refractivity contribution in [1.29, 1.82) is 0 Å². The number of rotatable bonds is 14. The molecular weight excluding hydrogens is 745 g/mol. The minimum atomic E-state index is -0.745. The van der Waals surface area contributed by atoms with Crippen LogP contribution in [0.5, 0.6) is 0 Å². The maximum atomic E-state index is 12.7. The molecule has 2 saturated heterocycles. The fraction of sp³-hybridized carbons (Fsp3) is 0.476. The van der Waals surface area contributed by atoms with Crippen LogP contribution >= 0.6 is 0 Å². The number of primary amides is 1. The predicted molar refractivity (Wildman–Crippen MR) is 223 cm³/mol. The smallest absolute Gasteiger partial charge is 0.404 e. The molecule has 4 aromatic rings. The lowest BCUT2D eigenvalue weighted by Gasteiger charge is -2.23. The Balaban J connectivity index is 0.000000544. The van der Waals surface area contributed by atoms with Crippen LogP contribution in [0.1, 0.15) is 75.1 Å². The van der Waals surface area contributed by atoms with Crippen LogP contribution in [0.25, 0.3) is 33.6 Å². The summed E-state index contributed by atoms with van der Waals surface area (Å²) in [4.78, 5) is 61.4. The molecule has 16 nitrogen and oxygen atoms in total. The number of hydrogen-bond acceptors (Lipinski definition) is 12. The average Bonchev–Trinajstić information content (AvgIpc) is 4.11. The number of unbranched alkanes of at least 4 members (excludes halogenated alkanes) is 1. The molecule has 2 fully saturated rings. The molecule has 16 heteroatoms. The van der Waals surface area contributed by atoms with E-state index in [4.69, 9.17) is 9.53 Å². The Kier molecular flexibility index (Phi) is 23.6. The van der Waals surface area contributed by atoms with Crippen LogP contribution in [0.2, 0.25) is 0 Å².